The molecule has 0 aliphatic heterocycles. The molecule has 1 aliphatic carbocycles. The summed E-state index contributed by atoms with van der Waals surface area (Å²) in [6, 6.07) is 0.624. The molecular formula is C16H33NO. The Morgan fingerprint density at radius 3 is 2.56 bits per heavy atom. The minimum Gasteiger partial charge on any atom is -0.379 e. The molecule has 0 bridgehead atoms. The van der Waals surface area contributed by atoms with E-state index in [0.717, 1.165) is 24.8 Å². The Labute approximate surface area is 114 Å². The Bertz CT molecular complexity index is 227. The molecule has 2 nitrogen and oxygen atoms in total. The molecule has 0 heterocycles. The summed E-state index contributed by atoms with van der Waals surface area (Å²) in [5, 5.41) is 3.71. The quantitative estimate of drug-likeness (QED) is 0.742. The van der Waals surface area contributed by atoms with Crippen molar-refractivity contribution in [2.75, 3.05) is 13.7 Å². The van der Waals surface area contributed by atoms with Gasteiger partial charge in [-0.1, -0.05) is 33.1 Å². The van der Waals surface area contributed by atoms with E-state index in [9.17, 15) is 0 Å². The Kier molecular flexibility index (Phi) is 6.65. The molecule has 1 aliphatic rings. The van der Waals surface area contributed by atoms with Crippen molar-refractivity contribution >= 4 is 0 Å². The summed E-state index contributed by atoms with van der Waals surface area (Å²) in [7, 11) is 1.83. The van der Waals surface area contributed by atoms with Crippen molar-refractivity contribution in [1.29, 1.82) is 0 Å². The van der Waals surface area contributed by atoms with Gasteiger partial charge >= 0.3 is 0 Å². The molecule has 18 heavy (non-hydrogen) atoms. The predicted molar refractivity (Wildman–Crippen MR) is 78.9 cm³/mol. The molecule has 0 spiro atoms. The minimum atomic E-state index is -0.00794. The van der Waals surface area contributed by atoms with E-state index in [2.05, 4.69) is 33.0 Å². The highest BCUT2D eigenvalue weighted by Gasteiger charge is 2.31. The molecule has 3 unspecified atom stereocenters. The Balaban J connectivity index is 2.59. The van der Waals surface area contributed by atoms with E-state index in [1.165, 1.54) is 32.1 Å². The first-order valence-corrected chi connectivity index (χ1v) is 7.81. The molecule has 0 amide bonds. The van der Waals surface area contributed by atoms with Gasteiger partial charge in [0, 0.05) is 13.2 Å². The summed E-state index contributed by atoms with van der Waals surface area (Å²) >= 11 is 0. The average molecular weight is 255 g/mol. The molecule has 108 valence electrons. The number of rotatable bonds is 7. The zero-order valence-electron chi connectivity index (χ0n) is 13.1. The smallest absolute Gasteiger partial charge is 0.0637 e. The van der Waals surface area contributed by atoms with Crippen molar-refractivity contribution in [3.8, 4) is 0 Å². The fourth-order valence-electron chi connectivity index (χ4n) is 3.35. The zero-order valence-corrected chi connectivity index (χ0v) is 13.1. The molecule has 0 aromatic carbocycles. The molecule has 1 fully saturated rings. The highest BCUT2D eigenvalue weighted by atomic mass is 16.5. The van der Waals surface area contributed by atoms with Crippen LogP contribution in [0.3, 0.4) is 0 Å². The van der Waals surface area contributed by atoms with Gasteiger partial charge in [-0.3, -0.25) is 0 Å². The number of methoxy groups -OCH3 is 1. The summed E-state index contributed by atoms with van der Waals surface area (Å²) in [5.41, 5.74) is -0.00794. The summed E-state index contributed by atoms with van der Waals surface area (Å²) in [6.45, 7) is 10.0. The summed E-state index contributed by atoms with van der Waals surface area (Å²) < 4.78 is 5.62. The summed E-state index contributed by atoms with van der Waals surface area (Å²) in [6.07, 6.45) is 8.14. The van der Waals surface area contributed by atoms with Gasteiger partial charge in [-0.2, -0.15) is 0 Å². The maximum Gasteiger partial charge on any atom is 0.0637 e. The molecule has 3 atom stereocenters. The minimum absolute atomic E-state index is 0.00794. The SMILES string of the molecule is CCNC(CC(C)(C)OC)C1CCCC(CC)C1. The van der Waals surface area contributed by atoms with Gasteiger partial charge in [0.1, 0.15) is 0 Å². The van der Waals surface area contributed by atoms with Crippen molar-refractivity contribution in [3.05, 3.63) is 0 Å². The third-order valence-corrected chi connectivity index (χ3v) is 4.70. The van der Waals surface area contributed by atoms with Crippen LogP contribution in [0.1, 0.15) is 66.2 Å². The van der Waals surface area contributed by atoms with Gasteiger partial charge in [-0.15, -0.1) is 0 Å². The highest BCUT2D eigenvalue weighted by molar-refractivity contribution is 4.86. The second-order valence-corrected chi connectivity index (χ2v) is 6.53. The lowest BCUT2D eigenvalue weighted by Crippen LogP contribution is -2.43. The number of hydrogen-bond donors (Lipinski definition) is 1. The van der Waals surface area contributed by atoms with Crippen LogP contribution in [0.4, 0.5) is 0 Å². The second-order valence-electron chi connectivity index (χ2n) is 6.53. The van der Waals surface area contributed by atoms with Crippen LogP contribution in [0, 0.1) is 11.8 Å². The monoisotopic (exact) mass is 255 g/mol. The molecular weight excluding hydrogens is 222 g/mol. The summed E-state index contributed by atoms with van der Waals surface area (Å²) in [4.78, 5) is 0. The maximum atomic E-state index is 5.62. The average Bonchev–Trinajstić information content (AvgIpc) is 2.38. The molecule has 0 saturated heterocycles. The fraction of sp³-hybridized carbons (Fsp3) is 1.00. The van der Waals surface area contributed by atoms with Crippen LogP contribution in [0.15, 0.2) is 0 Å². The second kappa shape index (κ2) is 7.49. The summed E-state index contributed by atoms with van der Waals surface area (Å²) in [5.74, 6) is 1.80. The van der Waals surface area contributed by atoms with E-state index in [0.29, 0.717) is 6.04 Å². The lowest BCUT2D eigenvalue weighted by molar-refractivity contribution is -0.00191. The van der Waals surface area contributed by atoms with Crippen LogP contribution in [-0.2, 0) is 4.74 Å². The van der Waals surface area contributed by atoms with Crippen LogP contribution in [-0.4, -0.2) is 25.3 Å². The molecule has 1 saturated carbocycles. The van der Waals surface area contributed by atoms with Crippen LogP contribution in [0.25, 0.3) is 0 Å². The standard InChI is InChI=1S/C16H33NO/c1-6-13-9-8-10-14(11-13)15(17-7-2)12-16(3,4)18-5/h13-15,17H,6-12H2,1-5H3. The molecule has 2 heteroatoms. The van der Waals surface area contributed by atoms with Gasteiger partial charge in [0.25, 0.3) is 0 Å². The largest absolute Gasteiger partial charge is 0.379 e. The van der Waals surface area contributed by atoms with Crippen LogP contribution in [0.5, 0.6) is 0 Å². The predicted octanol–water partition coefficient (Wildman–Crippen LogP) is 4.00. The first kappa shape index (κ1) is 16.0. The van der Waals surface area contributed by atoms with Crippen molar-refractivity contribution in [2.45, 2.75) is 77.9 Å². The van der Waals surface area contributed by atoms with Crippen LogP contribution >= 0.6 is 0 Å². The number of ether oxygens (including phenoxy) is 1. The first-order chi connectivity index (χ1) is 8.52. The van der Waals surface area contributed by atoms with E-state index in [4.69, 9.17) is 4.74 Å². The van der Waals surface area contributed by atoms with Crippen LogP contribution in [0.2, 0.25) is 0 Å². The maximum absolute atomic E-state index is 5.62. The third-order valence-electron chi connectivity index (χ3n) is 4.70. The molecule has 1 rings (SSSR count). The third kappa shape index (κ3) is 4.89. The van der Waals surface area contributed by atoms with Gasteiger partial charge in [-0.25, -0.2) is 0 Å². The molecule has 0 aromatic rings. The van der Waals surface area contributed by atoms with Gasteiger partial charge in [-0.05, 0) is 51.5 Å². The van der Waals surface area contributed by atoms with Gasteiger partial charge in [0.2, 0.25) is 0 Å². The molecule has 0 radical (unpaired) electrons. The highest BCUT2D eigenvalue weighted by Crippen LogP contribution is 2.35. The van der Waals surface area contributed by atoms with Crippen molar-refractivity contribution in [2.24, 2.45) is 11.8 Å². The topological polar surface area (TPSA) is 21.3 Å². The molecule has 0 aromatic heterocycles. The van der Waals surface area contributed by atoms with E-state index in [-0.39, 0.29) is 5.60 Å². The number of hydrogen-bond acceptors (Lipinski definition) is 2. The van der Waals surface area contributed by atoms with E-state index < -0.39 is 0 Å². The first-order valence-electron chi connectivity index (χ1n) is 7.81. The number of nitrogens with one attached hydrogen (secondary N) is 1. The Morgan fingerprint density at radius 2 is 2.00 bits per heavy atom. The van der Waals surface area contributed by atoms with Crippen molar-refractivity contribution < 1.29 is 4.74 Å². The van der Waals surface area contributed by atoms with Crippen molar-refractivity contribution in [1.82, 2.24) is 5.32 Å². The zero-order chi connectivity index (χ0) is 13.6. The van der Waals surface area contributed by atoms with Crippen molar-refractivity contribution in [3.63, 3.8) is 0 Å². The normalized spacial score (nSPS) is 27.2. The Morgan fingerprint density at radius 1 is 1.28 bits per heavy atom. The van der Waals surface area contributed by atoms with E-state index in [1.807, 2.05) is 7.11 Å². The van der Waals surface area contributed by atoms with Gasteiger partial charge in [0.05, 0.1) is 5.60 Å². The van der Waals surface area contributed by atoms with Gasteiger partial charge in [0.15, 0.2) is 0 Å². The van der Waals surface area contributed by atoms with E-state index in [1.54, 1.807) is 0 Å². The fourth-order valence-corrected chi connectivity index (χ4v) is 3.35. The van der Waals surface area contributed by atoms with Crippen LogP contribution < -0.4 is 5.32 Å². The Hall–Kier alpha value is -0.0800. The van der Waals surface area contributed by atoms with E-state index >= 15 is 0 Å². The lowest BCUT2D eigenvalue weighted by Gasteiger charge is -2.38. The molecule has 1 N–H and O–H groups in total. The van der Waals surface area contributed by atoms with Gasteiger partial charge < -0.3 is 10.1 Å². The lowest BCUT2D eigenvalue weighted by atomic mass is 9.74.